The molecule has 108 valence electrons. The van der Waals surface area contributed by atoms with Crippen LogP contribution in [0.25, 0.3) is 0 Å². The normalized spacial score (nSPS) is 11.5. The largest absolute Gasteiger partial charge is 0.491 e. The number of nitrogens with zero attached hydrogens (tertiary/aromatic N) is 1. The van der Waals surface area contributed by atoms with E-state index in [-0.39, 0.29) is 24.6 Å². The first-order chi connectivity index (χ1) is 8.74. The summed E-state index contributed by atoms with van der Waals surface area (Å²) in [4.78, 5) is 1.32. The van der Waals surface area contributed by atoms with Gasteiger partial charge in [0.15, 0.2) is 11.6 Å². The number of hydrogen-bond acceptors (Lipinski definition) is 3. The van der Waals surface area contributed by atoms with Gasteiger partial charge < -0.3 is 15.4 Å². The molecule has 1 rings (SSSR count). The highest BCUT2D eigenvalue weighted by atomic mass is 19.4. The van der Waals surface area contributed by atoms with Gasteiger partial charge in [0.1, 0.15) is 0 Å². The van der Waals surface area contributed by atoms with Crippen LogP contribution < -0.4 is 15.4 Å². The van der Waals surface area contributed by atoms with Crippen molar-refractivity contribution >= 4 is 11.4 Å². The van der Waals surface area contributed by atoms with Crippen molar-refractivity contribution < 1.29 is 22.3 Å². The maximum absolute atomic E-state index is 13.5. The minimum atomic E-state index is -4.24. The van der Waals surface area contributed by atoms with Crippen molar-refractivity contribution in [2.45, 2.75) is 19.5 Å². The van der Waals surface area contributed by atoms with E-state index in [1.54, 1.807) is 6.92 Å². The lowest BCUT2D eigenvalue weighted by molar-refractivity contribution is -0.132. The first kappa shape index (κ1) is 15.4. The van der Waals surface area contributed by atoms with Crippen molar-refractivity contribution in [3.8, 4) is 5.75 Å². The molecular formula is C12H16F4N2O. The Kier molecular flexibility index (Phi) is 4.85. The molecule has 19 heavy (non-hydrogen) atoms. The quantitative estimate of drug-likeness (QED) is 0.665. The van der Waals surface area contributed by atoms with Gasteiger partial charge in [-0.15, -0.1) is 0 Å². The van der Waals surface area contributed by atoms with Crippen molar-refractivity contribution in [1.82, 2.24) is 0 Å². The highest BCUT2D eigenvalue weighted by Crippen LogP contribution is 2.31. The zero-order valence-electron chi connectivity index (χ0n) is 10.7. The minimum absolute atomic E-state index is 0.0226. The zero-order valence-corrected chi connectivity index (χ0v) is 10.7. The van der Waals surface area contributed by atoms with E-state index >= 15 is 0 Å². The van der Waals surface area contributed by atoms with Gasteiger partial charge in [-0.1, -0.05) is 0 Å². The average Bonchev–Trinajstić information content (AvgIpc) is 2.29. The van der Waals surface area contributed by atoms with Crippen molar-refractivity contribution in [3.05, 3.63) is 17.9 Å². The van der Waals surface area contributed by atoms with Crippen LogP contribution in [0.15, 0.2) is 12.1 Å². The molecular weight excluding hydrogens is 264 g/mol. The second-order valence-corrected chi connectivity index (χ2v) is 4.06. The van der Waals surface area contributed by atoms with Crippen LogP contribution in [0.4, 0.5) is 28.9 Å². The van der Waals surface area contributed by atoms with Crippen molar-refractivity contribution in [1.29, 1.82) is 0 Å². The summed E-state index contributed by atoms with van der Waals surface area (Å²) in [5.41, 5.74) is 6.00. The Morgan fingerprint density at radius 1 is 1.32 bits per heavy atom. The molecule has 1 aromatic carbocycles. The summed E-state index contributed by atoms with van der Waals surface area (Å²) >= 11 is 0. The van der Waals surface area contributed by atoms with E-state index < -0.39 is 18.4 Å². The van der Waals surface area contributed by atoms with E-state index in [0.717, 1.165) is 6.07 Å². The average molecular weight is 280 g/mol. The second kappa shape index (κ2) is 5.99. The lowest BCUT2D eigenvalue weighted by Crippen LogP contribution is -2.24. The second-order valence-electron chi connectivity index (χ2n) is 4.06. The van der Waals surface area contributed by atoms with Crippen LogP contribution in [0, 0.1) is 5.82 Å². The summed E-state index contributed by atoms with van der Waals surface area (Å²) in [5, 5.41) is 0. The number of benzene rings is 1. The fraction of sp³-hybridized carbons (Fsp3) is 0.500. The number of halogens is 4. The van der Waals surface area contributed by atoms with E-state index in [1.807, 2.05) is 0 Å². The molecule has 7 heteroatoms. The molecule has 2 N–H and O–H groups in total. The van der Waals surface area contributed by atoms with Gasteiger partial charge in [-0.3, -0.25) is 0 Å². The Labute approximate surface area is 108 Å². The van der Waals surface area contributed by atoms with E-state index in [9.17, 15) is 17.6 Å². The Balaban J connectivity index is 2.89. The summed E-state index contributed by atoms with van der Waals surface area (Å²) in [6, 6.07) is 2.36. The summed E-state index contributed by atoms with van der Waals surface area (Å²) in [5.74, 6) is -0.655. The molecule has 0 aromatic heterocycles. The van der Waals surface area contributed by atoms with E-state index in [0.29, 0.717) is 5.69 Å². The highest BCUT2D eigenvalue weighted by molar-refractivity contribution is 5.69. The van der Waals surface area contributed by atoms with Crippen molar-refractivity contribution in [3.63, 3.8) is 0 Å². The Hall–Kier alpha value is -1.66. The standard InChI is InChI=1S/C12H16F4N2O/c1-3-19-11-7-10(9(17)6-8(11)13)18(2)5-4-12(14,15)16/h6-7H,3-5,17H2,1-2H3. The number of nitrogen functional groups attached to an aromatic ring is 1. The molecule has 0 saturated heterocycles. The van der Waals surface area contributed by atoms with Crippen LogP contribution in [0.2, 0.25) is 0 Å². The predicted octanol–water partition coefficient (Wildman–Crippen LogP) is 3.20. The number of rotatable bonds is 5. The monoisotopic (exact) mass is 280 g/mol. The van der Waals surface area contributed by atoms with Crippen molar-refractivity contribution in [2.24, 2.45) is 0 Å². The predicted molar refractivity (Wildman–Crippen MR) is 65.9 cm³/mol. The SMILES string of the molecule is CCOc1cc(N(C)CCC(F)(F)F)c(N)cc1F. The third-order valence-electron chi connectivity index (χ3n) is 2.52. The van der Waals surface area contributed by atoms with Gasteiger partial charge in [0.05, 0.1) is 24.4 Å². The van der Waals surface area contributed by atoms with Crippen LogP contribution in [0.3, 0.4) is 0 Å². The Morgan fingerprint density at radius 3 is 2.47 bits per heavy atom. The lowest BCUT2D eigenvalue weighted by Gasteiger charge is -2.22. The molecule has 0 unspecified atom stereocenters. The molecule has 0 radical (unpaired) electrons. The van der Waals surface area contributed by atoms with Crippen LogP contribution in [-0.4, -0.2) is 26.4 Å². The van der Waals surface area contributed by atoms with Gasteiger partial charge in [-0.25, -0.2) is 4.39 Å². The number of alkyl halides is 3. The first-order valence-electron chi connectivity index (χ1n) is 5.74. The Bertz CT molecular complexity index is 434. The fourth-order valence-electron chi connectivity index (χ4n) is 1.57. The van der Waals surface area contributed by atoms with Gasteiger partial charge in [0, 0.05) is 25.7 Å². The molecule has 0 amide bonds. The summed E-state index contributed by atoms with van der Waals surface area (Å²) in [6.07, 6.45) is -5.21. The number of ether oxygens (including phenoxy) is 1. The summed E-state index contributed by atoms with van der Waals surface area (Å²) in [7, 11) is 1.46. The number of hydrogen-bond donors (Lipinski definition) is 1. The molecule has 0 atom stereocenters. The van der Waals surface area contributed by atoms with Crippen LogP contribution in [0.1, 0.15) is 13.3 Å². The van der Waals surface area contributed by atoms with Crippen LogP contribution >= 0.6 is 0 Å². The van der Waals surface area contributed by atoms with Gasteiger partial charge in [-0.05, 0) is 6.92 Å². The molecule has 0 aliphatic rings. The van der Waals surface area contributed by atoms with Crippen molar-refractivity contribution in [2.75, 3.05) is 30.8 Å². The fourth-order valence-corrected chi connectivity index (χ4v) is 1.57. The molecule has 0 saturated carbocycles. The minimum Gasteiger partial charge on any atom is -0.491 e. The maximum Gasteiger partial charge on any atom is 0.390 e. The molecule has 0 aliphatic carbocycles. The molecule has 0 fully saturated rings. The Morgan fingerprint density at radius 2 is 1.95 bits per heavy atom. The van der Waals surface area contributed by atoms with E-state index in [2.05, 4.69) is 0 Å². The number of nitrogens with two attached hydrogens (primary N) is 1. The molecule has 3 nitrogen and oxygen atoms in total. The summed E-state index contributed by atoms with van der Waals surface area (Å²) in [6.45, 7) is 1.68. The zero-order chi connectivity index (χ0) is 14.6. The van der Waals surface area contributed by atoms with Gasteiger partial charge in [-0.2, -0.15) is 13.2 Å². The maximum atomic E-state index is 13.5. The molecule has 0 heterocycles. The molecule has 1 aromatic rings. The van der Waals surface area contributed by atoms with Gasteiger partial charge >= 0.3 is 6.18 Å². The topological polar surface area (TPSA) is 38.5 Å². The molecule has 0 bridgehead atoms. The van der Waals surface area contributed by atoms with Crippen LogP contribution in [0.5, 0.6) is 5.75 Å². The molecule has 0 aliphatic heterocycles. The smallest absolute Gasteiger partial charge is 0.390 e. The highest BCUT2D eigenvalue weighted by Gasteiger charge is 2.27. The van der Waals surface area contributed by atoms with E-state index in [4.69, 9.17) is 10.5 Å². The lowest BCUT2D eigenvalue weighted by atomic mass is 10.2. The van der Waals surface area contributed by atoms with Crippen LogP contribution in [-0.2, 0) is 0 Å². The number of anilines is 2. The van der Waals surface area contributed by atoms with Gasteiger partial charge in [0.25, 0.3) is 0 Å². The molecule has 0 spiro atoms. The van der Waals surface area contributed by atoms with Gasteiger partial charge in [0.2, 0.25) is 0 Å². The summed E-state index contributed by atoms with van der Waals surface area (Å²) < 4.78 is 55.0. The van der Waals surface area contributed by atoms with E-state index in [1.165, 1.54) is 18.0 Å². The first-order valence-corrected chi connectivity index (χ1v) is 5.74. The third kappa shape index (κ3) is 4.50. The third-order valence-corrected chi connectivity index (χ3v) is 2.52.